The normalized spacial score (nSPS) is 12.2. The number of carbonyl (C=O) groups excluding carboxylic acids is 2. The molecule has 2 N–H and O–H groups in total. The number of carbonyl (C=O) groups is 2. The summed E-state index contributed by atoms with van der Waals surface area (Å²) < 4.78 is 30.7. The number of thiazole rings is 1. The van der Waals surface area contributed by atoms with Crippen LogP contribution in [0.2, 0.25) is 0 Å². The highest BCUT2D eigenvalue weighted by atomic mass is 32.2. The Bertz CT molecular complexity index is 1280. The maximum atomic E-state index is 12.5. The molecular formula is C21H23N3O5S3. The summed E-state index contributed by atoms with van der Waals surface area (Å²) in [7, 11) is -3.87. The monoisotopic (exact) mass is 493 g/mol. The van der Waals surface area contributed by atoms with E-state index in [2.05, 4.69) is 4.99 Å². The van der Waals surface area contributed by atoms with Gasteiger partial charge in [-0.2, -0.15) is 4.99 Å². The van der Waals surface area contributed by atoms with Crippen LogP contribution >= 0.6 is 23.1 Å². The number of hydrogen-bond donors (Lipinski definition) is 1. The minimum absolute atomic E-state index is 0.0269. The van der Waals surface area contributed by atoms with E-state index < -0.39 is 10.0 Å². The number of esters is 1. The SMILES string of the molecule is CCOC(=O)CCn1c(=NC(=O)CCSc2ccccc2)sc2cc(S(N)(=O)=O)ccc21. The number of thioether (sulfide) groups is 1. The molecule has 0 aliphatic heterocycles. The third-order valence-electron chi connectivity index (χ3n) is 4.38. The number of benzene rings is 2. The van der Waals surface area contributed by atoms with Crippen LogP contribution in [0.1, 0.15) is 19.8 Å². The Hall–Kier alpha value is -2.47. The highest BCUT2D eigenvalue weighted by Gasteiger charge is 2.14. The Morgan fingerprint density at radius 2 is 1.91 bits per heavy atom. The van der Waals surface area contributed by atoms with Crippen molar-refractivity contribution in [2.45, 2.75) is 36.1 Å². The second kappa shape index (κ2) is 10.9. The molecule has 1 aromatic heterocycles. The molecule has 1 amide bonds. The van der Waals surface area contributed by atoms with Crippen molar-refractivity contribution < 1.29 is 22.7 Å². The van der Waals surface area contributed by atoms with E-state index in [1.165, 1.54) is 23.5 Å². The number of aryl methyl sites for hydroxylation is 1. The summed E-state index contributed by atoms with van der Waals surface area (Å²) in [4.78, 5) is 30.0. The lowest BCUT2D eigenvalue weighted by molar-refractivity contribution is -0.143. The molecule has 0 spiro atoms. The van der Waals surface area contributed by atoms with Gasteiger partial charge in [0.1, 0.15) is 0 Å². The minimum atomic E-state index is -3.87. The quantitative estimate of drug-likeness (QED) is 0.361. The molecule has 0 saturated heterocycles. The number of amides is 1. The number of nitrogens with zero attached hydrogens (tertiary/aromatic N) is 2. The topological polar surface area (TPSA) is 121 Å². The Morgan fingerprint density at radius 3 is 2.59 bits per heavy atom. The number of nitrogens with two attached hydrogens (primary N) is 1. The van der Waals surface area contributed by atoms with E-state index in [9.17, 15) is 18.0 Å². The predicted molar refractivity (Wildman–Crippen MR) is 125 cm³/mol. The summed E-state index contributed by atoms with van der Waals surface area (Å²) in [6.45, 7) is 2.26. The van der Waals surface area contributed by atoms with Crippen LogP contribution in [0.3, 0.4) is 0 Å². The Balaban J connectivity index is 1.87. The lowest BCUT2D eigenvalue weighted by atomic mass is 10.3. The smallest absolute Gasteiger partial charge is 0.307 e. The van der Waals surface area contributed by atoms with Gasteiger partial charge in [0.05, 0.1) is 28.1 Å². The molecule has 0 atom stereocenters. The van der Waals surface area contributed by atoms with Gasteiger partial charge in [-0.1, -0.05) is 29.5 Å². The second-order valence-electron chi connectivity index (χ2n) is 6.68. The third kappa shape index (κ3) is 6.52. The van der Waals surface area contributed by atoms with Crippen molar-refractivity contribution in [2.24, 2.45) is 10.1 Å². The fourth-order valence-corrected chi connectivity index (χ4v) is 5.49. The van der Waals surface area contributed by atoms with Gasteiger partial charge in [0.2, 0.25) is 15.9 Å². The van der Waals surface area contributed by atoms with Gasteiger partial charge < -0.3 is 9.30 Å². The van der Waals surface area contributed by atoms with E-state index >= 15 is 0 Å². The molecule has 0 fully saturated rings. The van der Waals surface area contributed by atoms with Crippen LogP contribution in [0.4, 0.5) is 0 Å². The third-order valence-corrected chi connectivity index (χ3v) is 7.34. The molecule has 0 radical (unpaired) electrons. The first kappa shape index (κ1) is 24.2. The summed E-state index contributed by atoms with van der Waals surface area (Å²) in [5.41, 5.74) is 0.664. The summed E-state index contributed by atoms with van der Waals surface area (Å²) in [5, 5.41) is 5.24. The molecule has 2 aromatic carbocycles. The number of aromatic nitrogens is 1. The maximum absolute atomic E-state index is 12.5. The second-order valence-corrected chi connectivity index (χ2v) is 10.4. The molecule has 0 saturated carbocycles. The van der Waals surface area contributed by atoms with Gasteiger partial charge >= 0.3 is 5.97 Å². The Morgan fingerprint density at radius 1 is 1.16 bits per heavy atom. The first-order chi connectivity index (χ1) is 15.3. The van der Waals surface area contributed by atoms with Crippen molar-refractivity contribution in [3.63, 3.8) is 0 Å². The van der Waals surface area contributed by atoms with E-state index in [-0.39, 0.29) is 42.8 Å². The van der Waals surface area contributed by atoms with Crippen molar-refractivity contribution in [3.8, 4) is 0 Å². The van der Waals surface area contributed by atoms with Crippen molar-refractivity contribution in [1.82, 2.24) is 4.57 Å². The van der Waals surface area contributed by atoms with Crippen LogP contribution in [-0.2, 0) is 30.9 Å². The van der Waals surface area contributed by atoms with Crippen LogP contribution in [0, 0.1) is 0 Å². The molecule has 0 aliphatic rings. The summed E-state index contributed by atoms with van der Waals surface area (Å²) in [6.07, 6.45) is 0.343. The zero-order valence-corrected chi connectivity index (χ0v) is 19.8. The standard InChI is InChI=1S/C21H23N3O5S3/c1-2-29-20(26)10-12-24-17-9-8-16(32(22,27)28)14-18(17)31-21(24)23-19(25)11-13-30-15-6-4-3-5-7-15/h3-9,14H,2,10-13H2,1H3,(H2,22,27,28). The van der Waals surface area contributed by atoms with Gasteiger partial charge in [-0.3, -0.25) is 9.59 Å². The van der Waals surface area contributed by atoms with Crippen LogP contribution < -0.4 is 9.94 Å². The molecular weight excluding hydrogens is 470 g/mol. The Labute approximate surface area is 194 Å². The summed E-state index contributed by atoms with van der Waals surface area (Å²) in [5.74, 6) is -0.0797. The van der Waals surface area contributed by atoms with Crippen molar-refractivity contribution in [1.29, 1.82) is 0 Å². The molecule has 3 aromatic rings. The van der Waals surface area contributed by atoms with Crippen LogP contribution in [0.15, 0.2) is 63.3 Å². The van der Waals surface area contributed by atoms with Crippen molar-refractivity contribution in [3.05, 3.63) is 53.3 Å². The van der Waals surface area contributed by atoms with E-state index in [1.54, 1.807) is 29.3 Å². The number of sulfonamides is 1. The van der Waals surface area contributed by atoms with Gasteiger partial charge in [0, 0.05) is 23.6 Å². The van der Waals surface area contributed by atoms with Gasteiger partial charge in [-0.05, 0) is 37.3 Å². The highest BCUT2D eigenvalue weighted by Crippen LogP contribution is 2.22. The lowest BCUT2D eigenvalue weighted by Gasteiger charge is -2.06. The zero-order valence-electron chi connectivity index (χ0n) is 17.4. The summed E-state index contributed by atoms with van der Waals surface area (Å²) in [6, 6.07) is 14.2. The van der Waals surface area contributed by atoms with E-state index in [4.69, 9.17) is 9.88 Å². The number of rotatable bonds is 9. The summed E-state index contributed by atoms with van der Waals surface area (Å²) >= 11 is 2.74. The minimum Gasteiger partial charge on any atom is -0.466 e. The molecule has 1 heterocycles. The van der Waals surface area contributed by atoms with E-state index in [0.29, 0.717) is 20.8 Å². The van der Waals surface area contributed by atoms with Gasteiger partial charge in [-0.25, -0.2) is 13.6 Å². The fourth-order valence-electron chi connectivity index (χ4n) is 2.90. The average molecular weight is 494 g/mol. The van der Waals surface area contributed by atoms with E-state index in [1.807, 2.05) is 30.3 Å². The molecule has 170 valence electrons. The predicted octanol–water partition coefficient (Wildman–Crippen LogP) is 2.91. The zero-order chi connectivity index (χ0) is 23.1. The Kier molecular flexibility index (Phi) is 8.24. The molecule has 0 aliphatic carbocycles. The molecule has 0 unspecified atom stereocenters. The first-order valence-electron chi connectivity index (χ1n) is 9.85. The first-order valence-corrected chi connectivity index (χ1v) is 13.2. The maximum Gasteiger partial charge on any atom is 0.307 e. The van der Waals surface area contributed by atoms with Crippen molar-refractivity contribution in [2.75, 3.05) is 12.4 Å². The van der Waals surface area contributed by atoms with Crippen LogP contribution in [0.5, 0.6) is 0 Å². The fraction of sp³-hybridized carbons (Fsp3) is 0.286. The van der Waals surface area contributed by atoms with Gasteiger partial charge in [0.15, 0.2) is 4.80 Å². The highest BCUT2D eigenvalue weighted by molar-refractivity contribution is 7.99. The van der Waals surface area contributed by atoms with Crippen molar-refractivity contribution >= 4 is 55.2 Å². The largest absolute Gasteiger partial charge is 0.466 e. The van der Waals surface area contributed by atoms with Crippen LogP contribution in [0.25, 0.3) is 10.2 Å². The molecule has 8 nitrogen and oxygen atoms in total. The number of hydrogen-bond acceptors (Lipinski definition) is 7. The van der Waals surface area contributed by atoms with Gasteiger partial charge in [0.25, 0.3) is 0 Å². The van der Waals surface area contributed by atoms with Gasteiger partial charge in [-0.15, -0.1) is 11.8 Å². The van der Waals surface area contributed by atoms with E-state index in [0.717, 1.165) is 4.90 Å². The molecule has 3 rings (SSSR count). The molecule has 0 bridgehead atoms. The lowest BCUT2D eigenvalue weighted by Crippen LogP contribution is -2.19. The molecule has 11 heteroatoms. The number of primary sulfonamides is 1. The average Bonchev–Trinajstić information content (AvgIpc) is 3.08. The number of fused-ring (bicyclic) bond motifs is 1. The van der Waals surface area contributed by atoms with Crippen LogP contribution in [-0.4, -0.2) is 37.2 Å². The molecule has 32 heavy (non-hydrogen) atoms. The number of ether oxygens (including phenoxy) is 1.